The summed E-state index contributed by atoms with van der Waals surface area (Å²) in [6.07, 6.45) is 1.39. The summed E-state index contributed by atoms with van der Waals surface area (Å²) < 4.78 is 5.99. The fraction of sp³-hybridized carbons (Fsp3) is 0. The Kier molecular flexibility index (Phi) is 6.64. The maximum Gasteiger partial charge on any atom is 0.345 e. The molecule has 0 aromatic heterocycles. The number of amides is 1. The van der Waals surface area contributed by atoms with E-state index in [1.54, 1.807) is 54.6 Å². The summed E-state index contributed by atoms with van der Waals surface area (Å²) >= 11 is 9.24. The minimum absolute atomic E-state index is 0.0824. The number of ether oxygens (including phenoxy) is 1. The van der Waals surface area contributed by atoms with Crippen LogP contribution in [0.25, 0.3) is 0 Å². The number of halogens is 2. The SMILES string of the molecule is O=C(NN=Cc1cccc(OC(=O)c2ccccc2Cl)c1)c1cc(Br)ccc1O. The first-order valence-electron chi connectivity index (χ1n) is 8.33. The van der Waals surface area contributed by atoms with Crippen LogP contribution in [0.5, 0.6) is 11.5 Å². The molecule has 3 rings (SSSR count). The van der Waals surface area contributed by atoms with Gasteiger partial charge in [-0.05, 0) is 48.0 Å². The highest BCUT2D eigenvalue weighted by Gasteiger charge is 2.13. The van der Waals surface area contributed by atoms with Crippen LogP contribution in [0.1, 0.15) is 26.3 Å². The molecule has 0 fully saturated rings. The Morgan fingerprint density at radius 2 is 1.83 bits per heavy atom. The van der Waals surface area contributed by atoms with Gasteiger partial charge >= 0.3 is 5.97 Å². The van der Waals surface area contributed by atoms with Gasteiger partial charge in [-0.3, -0.25) is 4.79 Å². The van der Waals surface area contributed by atoms with Gasteiger partial charge in [0.2, 0.25) is 0 Å². The normalized spacial score (nSPS) is 10.7. The van der Waals surface area contributed by atoms with Gasteiger partial charge in [-0.25, -0.2) is 10.2 Å². The smallest absolute Gasteiger partial charge is 0.345 e. The average Bonchev–Trinajstić information content (AvgIpc) is 2.70. The molecule has 3 aromatic carbocycles. The minimum Gasteiger partial charge on any atom is -0.507 e. The monoisotopic (exact) mass is 472 g/mol. The summed E-state index contributed by atoms with van der Waals surface area (Å²) in [5.41, 5.74) is 3.27. The number of hydrogen-bond acceptors (Lipinski definition) is 5. The van der Waals surface area contributed by atoms with Crippen LogP contribution < -0.4 is 10.2 Å². The Balaban J connectivity index is 1.66. The molecular formula is C21H14BrClN2O4. The van der Waals surface area contributed by atoms with Crippen LogP contribution in [-0.4, -0.2) is 23.2 Å². The molecule has 0 bridgehead atoms. The summed E-state index contributed by atoms with van der Waals surface area (Å²) in [7, 11) is 0. The van der Waals surface area contributed by atoms with Crippen LogP contribution in [0.3, 0.4) is 0 Å². The number of phenols is 1. The molecule has 3 aromatic rings. The number of carbonyl (C=O) groups excluding carboxylic acids is 2. The molecule has 8 heteroatoms. The van der Waals surface area contributed by atoms with Crippen molar-refractivity contribution in [2.75, 3.05) is 0 Å². The van der Waals surface area contributed by atoms with Crippen molar-refractivity contribution in [1.82, 2.24) is 5.43 Å². The average molecular weight is 474 g/mol. The number of phenolic OH excluding ortho intramolecular Hbond substituents is 1. The Morgan fingerprint density at radius 1 is 1.03 bits per heavy atom. The minimum atomic E-state index is -0.580. The maximum absolute atomic E-state index is 12.2. The third-order valence-electron chi connectivity index (χ3n) is 3.75. The lowest BCUT2D eigenvalue weighted by molar-refractivity contribution is 0.0734. The van der Waals surface area contributed by atoms with Crippen molar-refractivity contribution in [3.8, 4) is 11.5 Å². The number of hydrogen-bond donors (Lipinski definition) is 2. The fourth-order valence-corrected chi connectivity index (χ4v) is 2.94. The molecule has 6 nitrogen and oxygen atoms in total. The van der Waals surface area contributed by atoms with E-state index in [4.69, 9.17) is 16.3 Å². The third-order valence-corrected chi connectivity index (χ3v) is 4.57. The van der Waals surface area contributed by atoms with E-state index >= 15 is 0 Å². The fourth-order valence-electron chi connectivity index (χ4n) is 2.36. The zero-order chi connectivity index (χ0) is 20.8. The number of nitrogens with one attached hydrogen (secondary N) is 1. The molecule has 146 valence electrons. The van der Waals surface area contributed by atoms with Crippen LogP contribution >= 0.6 is 27.5 Å². The van der Waals surface area contributed by atoms with E-state index in [2.05, 4.69) is 26.5 Å². The molecule has 0 atom stereocenters. The van der Waals surface area contributed by atoms with Crippen molar-refractivity contribution in [2.45, 2.75) is 0 Å². The lowest BCUT2D eigenvalue weighted by Crippen LogP contribution is -2.17. The van der Waals surface area contributed by atoms with E-state index in [1.807, 2.05) is 0 Å². The van der Waals surface area contributed by atoms with Gasteiger partial charge in [0.25, 0.3) is 5.91 Å². The summed E-state index contributed by atoms with van der Waals surface area (Å²) in [4.78, 5) is 24.4. The Hall–Kier alpha value is -3.16. The lowest BCUT2D eigenvalue weighted by atomic mass is 10.2. The van der Waals surface area contributed by atoms with Crippen LogP contribution in [0.15, 0.2) is 76.3 Å². The number of benzene rings is 3. The van der Waals surface area contributed by atoms with Gasteiger partial charge in [0, 0.05) is 4.47 Å². The van der Waals surface area contributed by atoms with Crippen LogP contribution in [0.2, 0.25) is 5.02 Å². The van der Waals surface area contributed by atoms with Crippen molar-refractivity contribution in [3.63, 3.8) is 0 Å². The lowest BCUT2D eigenvalue weighted by Gasteiger charge is -2.06. The van der Waals surface area contributed by atoms with E-state index in [0.29, 0.717) is 20.8 Å². The van der Waals surface area contributed by atoms with Crippen LogP contribution in [0.4, 0.5) is 0 Å². The highest BCUT2D eigenvalue weighted by molar-refractivity contribution is 9.10. The van der Waals surface area contributed by atoms with Gasteiger partial charge in [-0.15, -0.1) is 0 Å². The largest absolute Gasteiger partial charge is 0.507 e. The molecule has 2 N–H and O–H groups in total. The number of hydrazone groups is 1. The quantitative estimate of drug-likeness (QED) is 0.241. The van der Waals surface area contributed by atoms with Gasteiger partial charge in [-0.2, -0.15) is 5.10 Å². The number of aromatic hydroxyl groups is 1. The number of esters is 1. The van der Waals surface area contributed by atoms with Crippen molar-refractivity contribution >= 4 is 45.6 Å². The van der Waals surface area contributed by atoms with Crippen molar-refractivity contribution in [2.24, 2.45) is 5.10 Å². The van der Waals surface area contributed by atoms with Crippen LogP contribution in [0, 0.1) is 0 Å². The summed E-state index contributed by atoms with van der Waals surface area (Å²) in [6.45, 7) is 0. The second-order valence-corrected chi connectivity index (χ2v) is 7.13. The standard InChI is InChI=1S/C21H14BrClN2O4/c22-14-8-9-19(26)17(11-14)20(27)25-24-12-13-4-3-5-15(10-13)29-21(28)16-6-1-2-7-18(16)23/h1-12,26H,(H,25,27). The molecule has 0 aliphatic carbocycles. The van der Waals surface area contributed by atoms with Gasteiger partial charge in [-0.1, -0.05) is 51.8 Å². The molecule has 0 spiro atoms. The van der Waals surface area contributed by atoms with Crippen molar-refractivity contribution < 1.29 is 19.4 Å². The second-order valence-electron chi connectivity index (χ2n) is 5.80. The summed E-state index contributed by atoms with van der Waals surface area (Å²) in [6, 6.07) is 17.7. The molecule has 0 aliphatic heterocycles. The zero-order valence-electron chi connectivity index (χ0n) is 14.8. The Bertz CT molecular complexity index is 1100. The van der Waals surface area contributed by atoms with E-state index in [-0.39, 0.29) is 16.9 Å². The highest BCUT2D eigenvalue weighted by atomic mass is 79.9. The Morgan fingerprint density at radius 3 is 2.62 bits per heavy atom. The third kappa shape index (κ3) is 5.43. The molecule has 0 saturated carbocycles. The first-order valence-corrected chi connectivity index (χ1v) is 9.50. The zero-order valence-corrected chi connectivity index (χ0v) is 17.1. The molecule has 0 heterocycles. The molecule has 0 unspecified atom stereocenters. The van der Waals surface area contributed by atoms with Crippen molar-refractivity contribution in [3.05, 3.63) is 92.9 Å². The summed E-state index contributed by atoms with van der Waals surface area (Å²) in [5, 5.41) is 13.9. The van der Waals surface area contributed by atoms with E-state index in [0.717, 1.165) is 0 Å². The summed E-state index contributed by atoms with van der Waals surface area (Å²) in [5.74, 6) is -1.01. The number of nitrogens with zero attached hydrogens (tertiary/aromatic N) is 1. The first-order chi connectivity index (χ1) is 13.9. The predicted molar refractivity (Wildman–Crippen MR) is 114 cm³/mol. The molecule has 0 radical (unpaired) electrons. The maximum atomic E-state index is 12.2. The topological polar surface area (TPSA) is 88.0 Å². The van der Waals surface area contributed by atoms with E-state index in [9.17, 15) is 14.7 Å². The second kappa shape index (κ2) is 9.36. The molecule has 0 saturated heterocycles. The molecule has 29 heavy (non-hydrogen) atoms. The van der Waals surface area contributed by atoms with Gasteiger partial charge in [0.1, 0.15) is 11.5 Å². The van der Waals surface area contributed by atoms with Gasteiger partial charge in [0.05, 0.1) is 22.4 Å². The molecule has 1 amide bonds. The Labute approximate surface area is 179 Å². The van der Waals surface area contributed by atoms with Crippen molar-refractivity contribution in [1.29, 1.82) is 0 Å². The first kappa shape index (κ1) is 20.6. The van der Waals surface area contributed by atoms with Crippen LogP contribution in [-0.2, 0) is 0 Å². The molecular weight excluding hydrogens is 460 g/mol. The number of rotatable bonds is 5. The molecule has 0 aliphatic rings. The van der Waals surface area contributed by atoms with Gasteiger partial charge < -0.3 is 9.84 Å². The number of carbonyl (C=O) groups is 2. The highest BCUT2D eigenvalue weighted by Crippen LogP contribution is 2.22. The van der Waals surface area contributed by atoms with E-state index in [1.165, 1.54) is 18.3 Å². The van der Waals surface area contributed by atoms with Gasteiger partial charge in [0.15, 0.2) is 0 Å². The predicted octanol–water partition coefficient (Wildman–Crippen LogP) is 4.79. The van der Waals surface area contributed by atoms with E-state index < -0.39 is 11.9 Å².